The minimum absolute atomic E-state index is 0.256. The molecule has 11 heteroatoms. The third-order valence-electron chi connectivity index (χ3n) is 5.06. The van der Waals surface area contributed by atoms with E-state index in [0.29, 0.717) is 35.0 Å². The Bertz CT molecular complexity index is 1410. The molecule has 3 N–H and O–H groups in total. The van der Waals surface area contributed by atoms with Crippen LogP contribution in [0.1, 0.15) is 0 Å². The number of nitrogens with one attached hydrogen (secondary N) is 3. The van der Waals surface area contributed by atoms with Crippen molar-refractivity contribution in [1.29, 1.82) is 0 Å². The molecule has 0 aliphatic rings. The zero-order valence-corrected chi connectivity index (χ0v) is 20.5. The van der Waals surface area contributed by atoms with Crippen molar-refractivity contribution in [2.45, 2.75) is 0 Å². The summed E-state index contributed by atoms with van der Waals surface area (Å²) in [5.74, 6) is -1.14. The molecule has 4 aromatic rings. The van der Waals surface area contributed by atoms with Gasteiger partial charge in [-0.25, -0.2) is 13.8 Å². The van der Waals surface area contributed by atoms with E-state index in [-0.39, 0.29) is 17.4 Å². The second kappa shape index (κ2) is 11.4. The largest absolute Gasteiger partial charge is 0.339 e. The van der Waals surface area contributed by atoms with Crippen molar-refractivity contribution in [2.24, 2.45) is 7.05 Å². The summed E-state index contributed by atoms with van der Waals surface area (Å²) in [6, 6.07) is 10.2. The van der Waals surface area contributed by atoms with Gasteiger partial charge in [0.25, 0.3) is 0 Å². The number of aryl methyl sites for hydroxylation is 1. The summed E-state index contributed by atoms with van der Waals surface area (Å²) < 4.78 is 29.6. The van der Waals surface area contributed by atoms with Crippen LogP contribution in [-0.4, -0.2) is 51.2 Å². The van der Waals surface area contributed by atoms with Gasteiger partial charge in [0, 0.05) is 55.1 Å². The highest BCUT2D eigenvalue weighted by atomic mass is 19.1. The summed E-state index contributed by atoms with van der Waals surface area (Å²) in [7, 11) is 5.60. The number of aromatic nitrogens is 4. The van der Waals surface area contributed by atoms with E-state index < -0.39 is 11.6 Å². The Hall–Kier alpha value is -4.64. The van der Waals surface area contributed by atoms with Crippen LogP contribution < -0.4 is 16.0 Å². The molecular weight excluding hydrogens is 478 g/mol. The Labute approximate surface area is 212 Å². The number of nitrogens with zero attached hydrogens (tertiary/aromatic N) is 5. The number of carbonyl (C=O) groups is 1. The molecular formula is C26H26F2N8O. The Balaban J connectivity index is 1.63. The van der Waals surface area contributed by atoms with Crippen molar-refractivity contribution in [1.82, 2.24) is 24.6 Å². The molecule has 0 fully saturated rings. The molecule has 0 spiro atoms. The molecule has 9 nitrogen and oxygen atoms in total. The highest BCUT2D eigenvalue weighted by Crippen LogP contribution is 2.31. The van der Waals surface area contributed by atoms with Crippen LogP contribution in [0.2, 0.25) is 0 Å². The van der Waals surface area contributed by atoms with Crippen LogP contribution in [0.5, 0.6) is 0 Å². The SMILES string of the molecule is CN(C)C/C=C/C(=O)Nc1cccc(Nc2nc(Nc3cnn(C)c3)ncc2-c2cc(F)cc(F)c2)c1. The number of benzene rings is 2. The molecule has 0 radical (unpaired) electrons. The predicted molar refractivity (Wildman–Crippen MR) is 140 cm³/mol. The fraction of sp³-hybridized carbons (Fsp3) is 0.154. The highest BCUT2D eigenvalue weighted by Gasteiger charge is 2.13. The average Bonchev–Trinajstić information content (AvgIpc) is 3.23. The first-order valence-electron chi connectivity index (χ1n) is 11.3. The Morgan fingerprint density at radius 2 is 1.78 bits per heavy atom. The average molecular weight is 505 g/mol. The van der Waals surface area contributed by atoms with E-state index in [2.05, 4.69) is 31.0 Å². The number of rotatable bonds is 9. The van der Waals surface area contributed by atoms with E-state index in [1.807, 2.05) is 19.0 Å². The molecule has 0 bridgehead atoms. The van der Waals surface area contributed by atoms with Gasteiger partial charge >= 0.3 is 0 Å². The first-order chi connectivity index (χ1) is 17.7. The summed E-state index contributed by atoms with van der Waals surface area (Å²) in [5, 5.41) is 13.2. The zero-order chi connectivity index (χ0) is 26.4. The van der Waals surface area contributed by atoms with Crippen molar-refractivity contribution in [3.05, 3.63) is 84.8 Å². The molecule has 4 rings (SSSR count). The van der Waals surface area contributed by atoms with Gasteiger partial charge in [-0.05, 0) is 50.0 Å². The Kier molecular flexibility index (Phi) is 7.84. The van der Waals surface area contributed by atoms with Gasteiger partial charge in [0.2, 0.25) is 11.9 Å². The molecule has 0 unspecified atom stereocenters. The molecule has 0 aliphatic heterocycles. The number of halogens is 2. The standard InChI is InChI=1S/C26H26F2N8O/c1-35(2)9-5-8-24(37)31-20-6-4-7-21(13-20)32-25-23(17-10-18(27)12-19(28)11-17)15-29-26(34-25)33-22-14-30-36(3)16-22/h4-8,10-16H,9H2,1-3H3,(H,31,37)(H2,29,32,33,34)/b8-5+. The fourth-order valence-electron chi connectivity index (χ4n) is 3.44. The molecule has 2 aromatic carbocycles. The molecule has 0 aliphatic carbocycles. The lowest BCUT2D eigenvalue weighted by molar-refractivity contribution is -0.111. The topological polar surface area (TPSA) is 100 Å². The van der Waals surface area contributed by atoms with Crippen LogP contribution in [0.4, 0.5) is 37.6 Å². The molecule has 190 valence electrons. The minimum Gasteiger partial charge on any atom is -0.339 e. The zero-order valence-electron chi connectivity index (χ0n) is 20.5. The molecule has 2 heterocycles. The van der Waals surface area contributed by atoms with Crippen LogP contribution in [0, 0.1) is 11.6 Å². The first kappa shape index (κ1) is 25.5. The fourth-order valence-corrected chi connectivity index (χ4v) is 3.44. The van der Waals surface area contributed by atoms with E-state index >= 15 is 0 Å². The lowest BCUT2D eigenvalue weighted by atomic mass is 10.1. The molecule has 0 saturated carbocycles. The van der Waals surface area contributed by atoms with Gasteiger partial charge in [-0.3, -0.25) is 9.48 Å². The number of hydrogen-bond donors (Lipinski definition) is 3. The Morgan fingerprint density at radius 3 is 2.49 bits per heavy atom. The summed E-state index contributed by atoms with van der Waals surface area (Å²) in [6.45, 7) is 0.640. The van der Waals surface area contributed by atoms with Crippen LogP contribution in [0.25, 0.3) is 11.1 Å². The summed E-state index contributed by atoms with van der Waals surface area (Å²) in [4.78, 5) is 23.0. The van der Waals surface area contributed by atoms with E-state index in [1.54, 1.807) is 54.5 Å². The van der Waals surface area contributed by atoms with Gasteiger partial charge < -0.3 is 20.9 Å². The molecule has 0 saturated heterocycles. The molecule has 1 amide bonds. The third kappa shape index (κ3) is 7.18. The van der Waals surface area contributed by atoms with E-state index in [1.165, 1.54) is 24.4 Å². The first-order valence-corrected chi connectivity index (χ1v) is 11.3. The van der Waals surface area contributed by atoms with Crippen LogP contribution in [0.15, 0.2) is 73.2 Å². The number of anilines is 5. The maximum Gasteiger partial charge on any atom is 0.248 e. The smallest absolute Gasteiger partial charge is 0.248 e. The van der Waals surface area contributed by atoms with E-state index in [4.69, 9.17) is 0 Å². The second-order valence-electron chi connectivity index (χ2n) is 8.50. The van der Waals surface area contributed by atoms with Crippen LogP contribution in [-0.2, 0) is 11.8 Å². The number of carbonyl (C=O) groups excluding carboxylic acids is 1. The van der Waals surface area contributed by atoms with Gasteiger partial charge in [-0.15, -0.1) is 0 Å². The van der Waals surface area contributed by atoms with Crippen molar-refractivity contribution < 1.29 is 13.6 Å². The second-order valence-corrected chi connectivity index (χ2v) is 8.50. The van der Waals surface area contributed by atoms with Crippen molar-refractivity contribution in [2.75, 3.05) is 36.6 Å². The Morgan fingerprint density at radius 1 is 1.03 bits per heavy atom. The predicted octanol–water partition coefficient (Wildman–Crippen LogP) is 4.70. The maximum absolute atomic E-state index is 14.0. The van der Waals surface area contributed by atoms with Gasteiger partial charge in [0.1, 0.15) is 17.5 Å². The van der Waals surface area contributed by atoms with Crippen LogP contribution >= 0.6 is 0 Å². The van der Waals surface area contributed by atoms with Crippen molar-refractivity contribution in [3.63, 3.8) is 0 Å². The number of amides is 1. The van der Waals surface area contributed by atoms with Crippen LogP contribution in [0.3, 0.4) is 0 Å². The third-order valence-corrected chi connectivity index (χ3v) is 5.06. The van der Waals surface area contributed by atoms with E-state index in [0.717, 1.165) is 6.07 Å². The number of likely N-dealkylation sites (N-methyl/N-ethyl adjacent to an activating group) is 1. The maximum atomic E-state index is 14.0. The summed E-state index contributed by atoms with van der Waals surface area (Å²) >= 11 is 0. The van der Waals surface area contributed by atoms with Gasteiger partial charge in [-0.2, -0.15) is 10.1 Å². The monoisotopic (exact) mass is 504 g/mol. The number of hydrogen-bond acceptors (Lipinski definition) is 7. The molecule has 37 heavy (non-hydrogen) atoms. The van der Waals surface area contributed by atoms with Crippen molar-refractivity contribution in [3.8, 4) is 11.1 Å². The highest BCUT2D eigenvalue weighted by molar-refractivity contribution is 5.99. The quantitative estimate of drug-likeness (QED) is 0.284. The minimum atomic E-state index is -0.717. The van der Waals surface area contributed by atoms with E-state index in [9.17, 15) is 13.6 Å². The normalized spacial score (nSPS) is 11.2. The van der Waals surface area contributed by atoms with Gasteiger partial charge in [0.05, 0.1) is 11.9 Å². The lowest BCUT2D eigenvalue weighted by Crippen LogP contribution is -2.13. The van der Waals surface area contributed by atoms with Gasteiger partial charge in [-0.1, -0.05) is 12.1 Å². The van der Waals surface area contributed by atoms with Gasteiger partial charge in [0.15, 0.2) is 0 Å². The summed E-state index contributed by atoms with van der Waals surface area (Å²) in [6.07, 6.45) is 8.08. The summed E-state index contributed by atoms with van der Waals surface area (Å²) in [5.41, 5.74) is 2.48. The lowest BCUT2D eigenvalue weighted by Gasteiger charge is -2.14. The molecule has 0 atom stereocenters. The van der Waals surface area contributed by atoms with Crippen molar-refractivity contribution >= 4 is 34.7 Å². The molecule has 2 aromatic heterocycles.